The van der Waals surface area contributed by atoms with E-state index >= 15 is 0 Å². The van der Waals surface area contributed by atoms with Crippen LogP contribution in [-0.4, -0.2) is 31.7 Å². The third-order valence-corrected chi connectivity index (χ3v) is 2.96. The highest BCUT2D eigenvalue weighted by atomic mass is 16.6. The van der Waals surface area contributed by atoms with Crippen LogP contribution in [0.2, 0.25) is 0 Å². The molecule has 1 unspecified atom stereocenters. The predicted octanol–water partition coefficient (Wildman–Crippen LogP) is 1.95. The molecule has 5 nitrogen and oxygen atoms in total. The molecule has 1 aliphatic heterocycles. The SMILES string of the molecule is C=CCC(C)NCC(=O)Nc1ccc2c(c1)OCCO2. The summed E-state index contributed by atoms with van der Waals surface area (Å²) in [6, 6.07) is 5.62. The normalized spacial score (nSPS) is 14.4. The average molecular weight is 276 g/mol. The van der Waals surface area contributed by atoms with Crippen molar-refractivity contribution < 1.29 is 14.3 Å². The number of fused-ring (bicyclic) bond motifs is 1. The van der Waals surface area contributed by atoms with Crippen molar-refractivity contribution in [2.24, 2.45) is 0 Å². The minimum atomic E-state index is -0.0856. The Morgan fingerprint density at radius 2 is 2.15 bits per heavy atom. The number of hydrogen-bond donors (Lipinski definition) is 2. The zero-order chi connectivity index (χ0) is 14.4. The molecule has 2 rings (SSSR count). The molecule has 0 aliphatic carbocycles. The summed E-state index contributed by atoms with van der Waals surface area (Å²) in [6.45, 7) is 7.04. The lowest BCUT2D eigenvalue weighted by Gasteiger charge is -2.19. The van der Waals surface area contributed by atoms with Gasteiger partial charge in [-0.15, -0.1) is 6.58 Å². The van der Waals surface area contributed by atoms with E-state index in [1.165, 1.54) is 0 Å². The van der Waals surface area contributed by atoms with Crippen LogP contribution in [0.1, 0.15) is 13.3 Å². The van der Waals surface area contributed by atoms with Crippen molar-refractivity contribution in [2.75, 3.05) is 25.1 Å². The summed E-state index contributed by atoms with van der Waals surface area (Å²) in [5.74, 6) is 1.30. The lowest BCUT2D eigenvalue weighted by molar-refractivity contribution is -0.115. The second-order valence-electron chi connectivity index (χ2n) is 4.71. The van der Waals surface area contributed by atoms with Gasteiger partial charge in [0.15, 0.2) is 11.5 Å². The van der Waals surface area contributed by atoms with Gasteiger partial charge < -0.3 is 20.1 Å². The molecule has 0 fully saturated rings. The number of carbonyl (C=O) groups excluding carboxylic acids is 1. The molecule has 0 bridgehead atoms. The van der Waals surface area contributed by atoms with Crippen molar-refractivity contribution in [3.05, 3.63) is 30.9 Å². The van der Waals surface area contributed by atoms with Crippen LogP contribution in [0.15, 0.2) is 30.9 Å². The monoisotopic (exact) mass is 276 g/mol. The van der Waals surface area contributed by atoms with Gasteiger partial charge in [0.05, 0.1) is 6.54 Å². The molecule has 1 heterocycles. The van der Waals surface area contributed by atoms with Crippen LogP contribution in [0.5, 0.6) is 11.5 Å². The molecule has 0 saturated carbocycles. The first-order valence-corrected chi connectivity index (χ1v) is 6.73. The van der Waals surface area contributed by atoms with Crippen molar-refractivity contribution >= 4 is 11.6 Å². The second-order valence-corrected chi connectivity index (χ2v) is 4.71. The fourth-order valence-corrected chi connectivity index (χ4v) is 1.93. The van der Waals surface area contributed by atoms with E-state index in [1.54, 1.807) is 18.2 Å². The summed E-state index contributed by atoms with van der Waals surface area (Å²) < 4.78 is 10.9. The molecule has 1 aliphatic rings. The van der Waals surface area contributed by atoms with Gasteiger partial charge in [-0.3, -0.25) is 4.79 Å². The Labute approximate surface area is 119 Å². The molecule has 0 aromatic heterocycles. The summed E-state index contributed by atoms with van der Waals surface area (Å²) in [5, 5.41) is 5.95. The fraction of sp³-hybridized carbons (Fsp3) is 0.400. The van der Waals surface area contributed by atoms with Crippen molar-refractivity contribution in [3.63, 3.8) is 0 Å². The fourth-order valence-electron chi connectivity index (χ4n) is 1.93. The van der Waals surface area contributed by atoms with Crippen molar-refractivity contribution in [1.29, 1.82) is 0 Å². The number of nitrogens with one attached hydrogen (secondary N) is 2. The minimum Gasteiger partial charge on any atom is -0.486 e. The van der Waals surface area contributed by atoms with Crippen LogP contribution in [0, 0.1) is 0 Å². The van der Waals surface area contributed by atoms with Gasteiger partial charge in [0.1, 0.15) is 13.2 Å². The van der Waals surface area contributed by atoms with E-state index in [0.29, 0.717) is 30.4 Å². The van der Waals surface area contributed by atoms with Gasteiger partial charge in [0.2, 0.25) is 5.91 Å². The van der Waals surface area contributed by atoms with E-state index in [1.807, 2.05) is 13.0 Å². The smallest absolute Gasteiger partial charge is 0.238 e. The highest BCUT2D eigenvalue weighted by molar-refractivity contribution is 5.92. The van der Waals surface area contributed by atoms with Crippen LogP contribution < -0.4 is 20.1 Å². The summed E-state index contributed by atoms with van der Waals surface area (Å²) in [6.07, 6.45) is 2.66. The molecule has 0 saturated heterocycles. The summed E-state index contributed by atoms with van der Waals surface area (Å²) in [4.78, 5) is 11.8. The number of ether oxygens (including phenoxy) is 2. The number of hydrogen-bond acceptors (Lipinski definition) is 4. The maximum absolute atomic E-state index is 11.8. The largest absolute Gasteiger partial charge is 0.486 e. The van der Waals surface area contributed by atoms with E-state index in [0.717, 1.165) is 6.42 Å². The van der Waals surface area contributed by atoms with Gasteiger partial charge in [-0.25, -0.2) is 0 Å². The standard InChI is InChI=1S/C15H20N2O3/c1-3-4-11(2)16-10-15(18)17-12-5-6-13-14(9-12)20-8-7-19-13/h3,5-6,9,11,16H,1,4,7-8,10H2,2H3,(H,17,18). The Hall–Kier alpha value is -2.01. The first-order valence-electron chi connectivity index (χ1n) is 6.73. The number of anilines is 1. The number of benzene rings is 1. The summed E-state index contributed by atoms with van der Waals surface area (Å²) >= 11 is 0. The number of carbonyl (C=O) groups is 1. The molecule has 5 heteroatoms. The molecule has 1 amide bonds. The van der Waals surface area contributed by atoms with Gasteiger partial charge in [-0.05, 0) is 25.5 Å². The van der Waals surface area contributed by atoms with Crippen molar-refractivity contribution in [3.8, 4) is 11.5 Å². The molecular weight excluding hydrogens is 256 g/mol. The first kappa shape index (κ1) is 14.4. The minimum absolute atomic E-state index is 0.0856. The molecule has 2 N–H and O–H groups in total. The quantitative estimate of drug-likeness (QED) is 0.780. The van der Waals surface area contributed by atoms with Gasteiger partial charge in [0.25, 0.3) is 0 Å². The molecule has 0 radical (unpaired) electrons. The van der Waals surface area contributed by atoms with Crippen molar-refractivity contribution in [2.45, 2.75) is 19.4 Å². The Morgan fingerprint density at radius 1 is 1.40 bits per heavy atom. The third kappa shape index (κ3) is 3.99. The molecule has 108 valence electrons. The van der Waals surface area contributed by atoms with E-state index in [2.05, 4.69) is 17.2 Å². The number of amides is 1. The average Bonchev–Trinajstić information content (AvgIpc) is 2.45. The molecule has 20 heavy (non-hydrogen) atoms. The van der Waals surface area contributed by atoms with E-state index < -0.39 is 0 Å². The Bertz CT molecular complexity index is 488. The van der Waals surface area contributed by atoms with Crippen LogP contribution in [-0.2, 0) is 4.79 Å². The van der Waals surface area contributed by atoms with Crippen LogP contribution in [0.3, 0.4) is 0 Å². The maximum atomic E-state index is 11.8. The zero-order valence-corrected chi connectivity index (χ0v) is 11.6. The lowest BCUT2D eigenvalue weighted by Crippen LogP contribution is -2.34. The Morgan fingerprint density at radius 3 is 2.90 bits per heavy atom. The van der Waals surface area contributed by atoms with Gasteiger partial charge >= 0.3 is 0 Å². The van der Waals surface area contributed by atoms with Gasteiger partial charge in [0, 0.05) is 17.8 Å². The third-order valence-electron chi connectivity index (χ3n) is 2.96. The van der Waals surface area contributed by atoms with E-state index in [9.17, 15) is 4.79 Å². The Kier molecular flexibility index (Phi) is 5.01. The molecule has 1 atom stereocenters. The van der Waals surface area contributed by atoms with E-state index in [4.69, 9.17) is 9.47 Å². The highest BCUT2D eigenvalue weighted by Gasteiger charge is 2.12. The second kappa shape index (κ2) is 6.96. The molecule has 0 spiro atoms. The van der Waals surface area contributed by atoms with Crippen molar-refractivity contribution in [1.82, 2.24) is 5.32 Å². The van der Waals surface area contributed by atoms with Gasteiger partial charge in [-0.1, -0.05) is 6.08 Å². The van der Waals surface area contributed by atoms with Crippen LogP contribution in [0.4, 0.5) is 5.69 Å². The molecule has 1 aromatic rings. The summed E-state index contributed by atoms with van der Waals surface area (Å²) in [7, 11) is 0. The highest BCUT2D eigenvalue weighted by Crippen LogP contribution is 2.32. The van der Waals surface area contributed by atoms with Gasteiger partial charge in [-0.2, -0.15) is 0 Å². The van der Waals surface area contributed by atoms with E-state index in [-0.39, 0.29) is 18.5 Å². The Balaban J connectivity index is 1.86. The molecule has 1 aromatic carbocycles. The summed E-state index contributed by atoms with van der Waals surface area (Å²) in [5.41, 5.74) is 0.706. The topological polar surface area (TPSA) is 59.6 Å². The first-order chi connectivity index (χ1) is 9.69. The molecular formula is C15H20N2O3. The maximum Gasteiger partial charge on any atom is 0.238 e. The van der Waals surface area contributed by atoms with Crippen LogP contribution >= 0.6 is 0 Å². The number of rotatable bonds is 6. The zero-order valence-electron chi connectivity index (χ0n) is 11.6. The lowest BCUT2D eigenvalue weighted by atomic mass is 10.2. The van der Waals surface area contributed by atoms with Crippen LogP contribution in [0.25, 0.3) is 0 Å². The predicted molar refractivity (Wildman–Crippen MR) is 78.3 cm³/mol.